The zero-order chi connectivity index (χ0) is 15.0. The molecule has 0 saturated carbocycles. The van der Waals surface area contributed by atoms with E-state index in [0.29, 0.717) is 34.7 Å². The van der Waals surface area contributed by atoms with Crippen LogP contribution in [0, 0.1) is 25.2 Å². The van der Waals surface area contributed by atoms with Gasteiger partial charge < -0.3 is 9.42 Å². The zero-order valence-corrected chi connectivity index (χ0v) is 12.6. The first kappa shape index (κ1) is 13.8. The molecule has 0 aliphatic carbocycles. The molecule has 1 atom stereocenters. The summed E-state index contributed by atoms with van der Waals surface area (Å²) in [7, 11) is 0. The Labute approximate surface area is 127 Å². The molecule has 1 saturated heterocycles. The predicted octanol–water partition coefficient (Wildman–Crippen LogP) is 2.60. The summed E-state index contributed by atoms with van der Waals surface area (Å²) in [6.07, 6.45) is 2.49. The molecule has 2 aromatic rings. The standard InChI is InChI=1S/C14H14ClN5O/c1-8-11(5-16)13(17-6-12(8)15)20-4-3-10(7-20)14-18-9(2)19-21-14/h6,10H,3-4,7H2,1-2H3. The van der Waals surface area contributed by atoms with E-state index in [2.05, 4.69) is 26.1 Å². The molecular formula is C14H14ClN5O. The van der Waals surface area contributed by atoms with Gasteiger partial charge in [-0.05, 0) is 25.8 Å². The van der Waals surface area contributed by atoms with Crippen LogP contribution in [0.25, 0.3) is 0 Å². The van der Waals surface area contributed by atoms with Crippen LogP contribution in [0.2, 0.25) is 5.02 Å². The summed E-state index contributed by atoms with van der Waals surface area (Å²) in [5, 5.41) is 13.7. The van der Waals surface area contributed by atoms with Gasteiger partial charge >= 0.3 is 0 Å². The van der Waals surface area contributed by atoms with Gasteiger partial charge in [0.1, 0.15) is 11.9 Å². The SMILES string of the molecule is Cc1noc(C2CCN(c3ncc(Cl)c(C)c3C#N)C2)n1. The maximum Gasteiger partial charge on any atom is 0.231 e. The van der Waals surface area contributed by atoms with E-state index >= 15 is 0 Å². The fourth-order valence-electron chi connectivity index (χ4n) is 2.57. The van der Waals surface area contributed by atoms with Crippen LogP contribution in [-0.2, 0) is 0 Å². The third-order valence-electron chi connectivity index (χ3n) is 3.75. The summed E-state index contributed by atoms with van der Waals surface area (Å²) < 4.78 is 5.24. The van der Waals surface area contributed by atoms with Gasteiger partial charge in [0.2, 0.25) is 5.89 Å². The van der Waals surface area contributed by atoms with Crippen molar-refractivity contribution in [1.29, 1.82) is 5.26 Å². The molecule has 1 fully saturated rings. The monoisotopic (exact) mass is 303 g/mol. The third kappa shape index (κ3) is 2.45. The smallest absolute Gasteiger partial charge is 0.231 e. The average molecular weight is 304 g/mol. The summed E-state index contributed by atoms with van der Waals surface area (Å²) in [5.74, 6) is 2.15. The number of pyridine rings is 1. The highest BCUT2D eigenvalue weighted by Crippen LogP contribution is 2.32. The molecule has 1 unspecified atom stereocenters. The second-order valence-corrected chi connectivity index (χ2v) is 5.56. The molecule has 7 heteroatoms. The molecule has 0 N–H and O–H groups in total. The molecule has 21 heavy (non-hydrogen) atoms. The molecule has 108 valence electrons. The fourth-order valence-corrected chi connectivity index (χ4v) is 2.72. The minimum atomic E-state index is 0.176. The second kappa shape index (κ2) is 5.34. The zero-order valence-electron chi connectivity index (χ0n) is 11.8. The van der Waals surface area contributed by atoms with E-state index in [1.165, 1.54) is 0 Å². The number of aryl methyl sites for hydroxylation is 1. The Bertz CT molecular complexity index is 721. The maximum atomic E-state index is 9.35. The molecule has 0 aromatic carbocycles. The van der Waals surface area contributed by atoms with Crippen molar-refractivity contribution >= 4 is 17.4 Å². The molecule has 0 bridgehead atoms. The lowest BCUT2D eigenvalue weighted by molar-refractivity contribution is 0.356. The summed E-state index contributed by atoms with van der Waals surface area (Å²) in [4.78, 5) is 10.7. The van der Waals surface area contributed by atoms with Crippen molar-refractivity contribution in [1.82, 2.24) is 15.1 Å². The van der Waals surface area contributed by atoms with Gasteiger partial charge in [-0.15, -0.1) is 0 Å². The molecule has 3 rings (SSSR count). The predicted molar refractivity (Wildman–Crippen MR) is 77.3 cm³/mol. The lowest BCUT2D eigenvalue weighted by atomic mass is 10.1. The van der Waals surface area contributed by atoms with Gasteiger partial charge in [-0.3, -0.25) is 0 Å². The van der Waals surface area contributed by atoms with Crippen LogP contribution in [0.3, 0.4) is 0 Å². The van der Waals surface area contributed by atoms with E-state index in [-0.39, 0.29) is 5.92 Å². The Hall–Kier alpha value is -2.13. The maximum absolute atomic E-state index is 9.35. The van der Waals surface area contributed by atoms with E-state index in [1.54, 1.807) is 13.1 Å². The number of hydrogen-bond acceptors (Lipinski definition) is 6. The van der Waals surface area contributed by atoms with E-state index in [1.807, 2.05) is 6.92 Å². The first-order valence-corrected chi connectivity index (χ1v) is 7.08. The Balaban J connectivity index is 1.87. The molecule has 6 nitrogen and oxygen atoms in total. The highest BCUT2D eigenvalue weighted by atomic mass is 35.5. The van der Waals surface area contributed by atoms with Gasteiger partial charge in [0.25, 0.3) is 0 Å². The Kier molecular flexibility index (Phi) is 3.52. The molecule has 0 amide bonds. The van der Waals surface area contributed by atoms with Crippen LogP contribution in [0.15, 0.2) is 10.7 Å². The van der Waals surface area contributed by atoms with E-state index in [9.17, 15) is 5.26 Å². The second-order valence-electron chi connectivity index (χ2n) is 5.15. The molecule has 1 aliphatic rings. The van der Waals surface area contributed by atoms with Crippen LogP contribution in [0.5, 0.6) is 0 Å². The minimum absolute atomic E-state index is 0.176. The number of halogens is 1. The van der Waals surface area contributed by atoms with Gasteiger partial charge in [0.05, 0.1) is 16.5 Å². The molecular weight excluding hydrogens is 290 g/mol. The Morgan fingerprint density at radius 1 is 1.48 bits per heavy atom. The van der Waals surface area contributed by atoms with Crippen LogP contribution in [-0.4, -0.2) is 28.2 Å². The largest absolute Gasteiger partial charge is 0.355 e. The van der Waals surface area contributed by atoms with Crippen molar-refractivity contribution in [2.45, 2.75) is 26.2 Å². The van der Waals surface area contributed by atoms with Gasteiger partial charge in [-0.1, -0.05) is 16.8 Å². The number of hydrogen-bond donors (Lipinski definition) is 0. The van der Waals surface area contributed by atoms with Crippen molar-refractivity contribution in [3.05, 3.63) is 34.1 Å². The van der Waals surface area contributed by atoms with Crippen LogP contribution in [0.4, 0.5) is 5.82 Å². The van der Waals surface area contributed by atoms with Crippen LogP contribution >= 0.6 is 11.6 Å². The van der Waals surface area contributed by atoms with Crippen LogP contribution in [0.1, 0.15) is 35.2 Å². The van der Waals surface area contributed by atoms with E-state index in [4.69, 9.17) is 16.1 Å². The number of nitriles is 1. The van der Waals surface area contributed by atoms with Gasteiger partial charge in [-0.2, -0.15) is 10.2 Å². The Morgan fingerprint density at radius 2 is 2.29 bits per heavy atom. The first-order chi connectivity index (χ1) is 10.1. The summed E-state index contributed by atoms with van der Waals surface area (Å²) >= 11 is 6.03. The summed E-state index contributed by atoms with van der Waals surface area (Å²) in [6, 6.07) is 2.20. The van der Waals surface area contributed by atoms with Crippen LogP contribution < -0.4 is 4.90 Å². The minimum Gasteiger partial charge on any atom is -0.355 e. The summed E-state index contributed by atoms with van der Waals surface area (Å²) in [6.45, 7) is 5.15. The highest BCUT2D eigenvalue weighted by Gasteiger charge is 2.30. The average Bonchev–Trinajstić information content (AvgIpc) is 3.10. The van der Waals surface area contributed by atoms with Gasteiger partial charge in [-0.25, -0.2) is 4.98 Å². The normalized spacial score (nSPS) is 18.0. The van der Waals surface area contributed by atoms with Crippen molar-refractivity contribution in [2.24, 2.45) is 0 Å². The first-order valence-electron chi connectivity index (χ1n) is 6.70. The van der Waals surface area contributed by atoms with Gasteiger partial charge in [0, 0.05) is 19.3 Å². The van der Waals surface area contributed by atoms with Gasteiger partial charge in [0.15, 0.2) is 5.82 Å². The van der Waals surface area contributed by atoms with E-state index < -0.39 is 0 Å². The molecule has 3 heterocycles. The number of anilines is 1. The molecule has 2 aromatic heterocycles. The summed E-state index contributed by atoms with van der Waals surface area (Å²) in [5.41, 5.74) is 1.30. The topological polar surface area (TPSA) is 78.8 Å². The molecule has 0 radical (unpaired) electrons. The highest BCUT2D eigenvalue weighted by molar-refractivity contribution is 6.31. The fraction of sp³-hybridized carbons (Fsp3) is 0.429. The van der Waals surface area contributed by atoms with Crippen molar-refractivity contribution in [3.8, 4) is 6.07 Å². The van der Waals surface area contributed by atoms with E-state index in [0.717, 1.165) is 18.5 Å². The molecule has 0 spiro atoms. The third-order valence-corrected chi connectivity index (χ3v) is 4.13. The number of aromatic nitrogens is 3. The number of nitrogens with zero attached hydrogens (tertiary/aromatic N) is 5. The van der Waals surface area contributed by atoms with Crippen molar-refractivity contribution in [3.63, 3.8) is 0 Å². The Morgan fingerprint density at radius 3 is 2.95 bits per heavy atom. The molecule has 1 aliphatic heterocycles. The van der Waals surface area contributed by atoms with Crippen molar-refractivity contribution in [2.75, 3.05) is 18.0 Å². The lowest BCUT2D eigenvalue weighted by Gasteiger charge is -2.19. The quantitative estimate of drug-likeness (QED) is 0.848. The lowest BCUT2D eigenvalue weighted by Crippen LogP contribution is -2.22. The number of rotatable bonds is 2. The van der Waals surface area contributed by atoms with Crippen molar-refractivity contribution < 1.29 is 4.52 Å².